The largest absolute Gasteiger partial charge is 0.386 e. The molecule has 0 spiro atoms. The molecule has 1 aromatic carbocycles. The number of rotatable bonds is 3. The summed E-state index contributed by atoms with van der Waals surface area (Å²) >= 11 is 5.84. The number of benzene rings is 1. The van der Waals surface area contributed by atoms with Crippen LogP contribution in [0.15, 0.2) is 18.2 Å². The molecular formula is C11H13ClN2O3. The van der Waals surface area contributed by atoms with Crippen molar-refractivity contribution >= 4 is 23.0 Å². The lowest BCUT2D eigenvalue weighted by atomic mass is 9.90. The smallest absolute Gasteiger partial charge is 0.292 e. The molecule has 1 aliphatic heterocycles. The molecule has 0 unspecified atom stereocenters. The van der Waals surface area contributed by atoms with Gasteiger partial charge in [0.15, 0.2) is 0 Å². The molecule has 0 aliphatic carbocycles. The van der Waals surface area contributed by atoms with Crippen LogP contribution in [0.2, 0.25) is 5.02 Å². The molecule has 0 saturated carbocycles. The van der Waals surface area contributed by atoms with Gasteiger partial charge in [0.1, 0.15) is 5.69 Å². The quantitative estimate of drug-likeness (QED) is 0.665. The molecule has 92 valence electrons. The van der Waals surface area contributed by atoms with Gasteiger partial charge in [-0.1, -0.05) is 18.5 Å². The Balaban J connectivity index is 2.27. The molecular weight excluding hydrogens is 244 g/mol. The fourth-order valence-corrected chi connectivity index (χ4v) is 2.13. The monoisotopic (exact) mass is 256 g/mol. The summed E-state index contributed by atoms with van der Waals surface area (Å²) in [5, 5.41) is 21.2. The molecule has 17 heavy (non-hydrogen) atoms. The summed E-state index contributed by atoms with van der Waals surface area (Å²) in [5.74, 6) is 0. The van der Waals surface area contributed by atoms with Crippen LogP contribution >= 0.6 is 11.6 Å². The Morgan fingerprint density at radius 1 is 1.59 bits per heavy atom. The van der Waals surface area contributed by atoms with Gasteiger partial charge in [-0.3, -0.25) is 10.1 Å². The molecule has 6 heteroatoms. The van der Waals surface area contributed by atoms with Gasteiger partial charge in [0, 0.05) is 24.2 Å². The van der Waals surface area contributed by atoms with Gasteiger partial charge in [0.2, 0.25) is 0 Å². The molecule has 0 bridgehead atoms. The molecule has 1 fully saturated rings. The molecule has 2 rings (SSSR count). The Morgan fingerprint density at radius 3 is 2.76 bits per heavy atom. The van der Waals surface area contributed by atoms with Crippen molar-refractivity contribution in [2.24, 2.45) is 0 Å². The topological polar surface area (TPSA) is 66.6 Å². The lowest BCUT2D eigenvalue weighted by Gasteiger charge is -2.47. The van der Waals surface area contributed by atoms with Crippen molar-refractivity contribution in [3.8, 4) is 0 Å². The zero-order valence-electron chi connectivity index (χ0n) is 9.39. The van der Waals surface area contributed by atoms with Gasteiger partial charge in [-0.25, -0.2) is 0 Å². The molecule has 1 heterocycles. The zero-order chi connectivity index (χ0) is 12.6. The van der Waals surface area contributed by atoms with Gasteiger partial charge in [0.05, 0.1) is 10.5 Å². The van der Waals surface area contributed by atoms with Crippen LogP contribution in [0.3, 0.4) is 0 Å². The van der Waals surface area contributed by atoms with Crippen molar-refractivity contribution in [3.63, 3.8) is 0 Å². The zero-order valence-corrected chi connectivity index (χ0v) is 10.1. The highest BCUT2D eigenvalue weighted by molar-refractivity contribution is 6.31. The van der Waals surface area contributed by atoms with Crippen molar-refractivity contribution in [1.82, 2.24) is 0 Å². The Bertz CT molecular complexity index is 458. The molecule has 0 radical (unpaired) electrons. The summed E-state index contributed by atoms with van der Waals surface area (Å²) in [4.78, 5) is 12.2. The van der Waals surface area contributed by atoms with E-state index in [1.807, 2.05) is 6.92 Å². The van der Waals surface area contributed by atoms with E-state index in [4.69, 9.17) is 11.6 Å². The first-order valence-corrected chi connectivity index (χ1v) is 5.74. The molecule has 0 atom stereocenters. The molecule has 1 saturated heterocycles. The van der Waals surface area contributed by atoms with Gasteiger partial charge in [0.25, 0.3) is 5.69 Å². The predicted octanol–water partition coefficient (Wildman–Crippen LogP) is 2.21. The first-order valence-electron chi connectivity index (χ1n) is 5.36. The first-order chi connectivity index (χ1) is 7.95. The number of nitro benzene ring substituents is 1. The molecule has 1 aliphatic rings. The number of nitro groups is 1. The number of aliphatic hydroxyl groups is 1. The SMILES string of the molecule is CCC1(O)CN(c2cc(Cl)ccc2[N+](=O)[O-])C1. The summed E-state index contributed by atoms with van der Waals surface area (Å²) in [6, 6.07) is 4.45. The Kier molecular flexibility index (Phi) is 2.97. The second-order valence-electron chi connectivity index (χ2n) is 4.32. The van der Waals surface area contributed by atoms with Gasteiger partial charge in [-0.2, -0.15) is 0 Å². The van der Waals surface area contributed by atoms with Crippen molar-refractivity contribution in [1.29, 1.82) is 0 Å². The van der Waals surface area contributed by atoms with E-state index in [9.17, 15) is 15.2 Å². The molecule has 1 aromatic rings. The van der Waals surface area contributed by atoms with Gasteiger partial charge >= 0.3 is 0 Å². The number of nitrogens with zero attached hydrogens (tertiary/aromatic N) is 2. The Morgan fingerprint density at radius 2 is 2.24 bits per heavy atom. The minimum absolute atomic E-state index is 0.0209. The van der Waals surface area contributed by atoms with Crippen LogP contribution in [0.25, 0.3) is 0 Å². The molecule has 0 aromatic heterocycles. The third-order valence-corrected chi connectivity index (χ3v) is 3.34. The maximum absolute atomic E-state index is 10.9. The predicted molar refractivity (Wildman–Crippen MR) is 65.6 cm³/mol. The second kappa shape index (κ2) is 4.16. The van der Waals surface area contributed by atoms with E-state index in [1.54, 1.807) is 11.0 Å². The van der Waals surface area contributed by atoms with E-state index in [0.717, 1.165) is 0 Å². The van der Waals surface area contributed by atoms with Crippen LogP contribution in [0, 0.1) is 10.1 Å². The lowest BCUT2D eigenvalue weighted by Crippen LogP contribution is -2.61. The second-order valence-corrected chi connectivity index (χ2v) is 4.76. The van der Waals surface area contributed by atoms with Gasteiger partial charge in [-0.05, 0) is 18.6 Å². The van der Waals surface area contributed by atoms with Crippen LogP contribution in [0.1, 0.15) is 13.3 Å². The van der Waals surface area contributed by atoms with E-state index in [1.165, 1.54) is 12.1 Å². The van der Waals surface area contributed by atoms with Crippen molar-refractivity contribution < 1.29 is 10.0 Å². The Labute approximate surface area is 104 Å². The summed E-state index contributed by atoms with van der Waals surface area (Å²) in [6.45, 7) is 2.71. The average Bonchev–Trinajstić information content (AvgIpc) is 2.24. The van der Waals surface area contributed by atoms with Gasteiger partial charge in [-0.15, -0.1) is 0 Å². The summed E-state index contributed by atoms with van der Waals surface area (Å²) in [5.41, 5.74) is -0.232. The minimum atomic E-state index is -0.726. The van der Waals surface area contributed by atoms with Crippen molar-refractivity contribution in [3.05, 3.63) is 33.3 Å². The number of β-amino-alcohol motifs (C(OH)–C–C–N with tert-alkyl or cyclic N) is 1. The standard InChI is InChI=1S/C11H13ClN2O3/c1-2-11(15)6-13(7-11)10-5-8(12)3-4-9(10)14(16)17/h3-5,15H,2,6-7H2,1H3. The maximum Gasteiger partial charge on any atom is 0.292 e. The maximum atomic E-state index is 10.9. The van der Waals surface area contributed by atoms with Crippen LogP contribution in [-0.2, 0) is 0 Å². The van der Waals surface area contributed by atoms with Crippen molar-refractivity contribution in [2.45, 2.75) is 18.9 Å². The Hall–Kier alpha value is -1.33. The number of hydrogen-bond donors (Lipinski definition) is 1. The first kappa shape index (κ1) is 12.1. The van der Waals surface area contributed by atoms with E-state index >= 15 is 0 Å². The summed E-state index contributed by atoms with van der Waals surface area (Å²) in [6.07, 6.45) is 0.637. The van der Waals surface area contributed by atoms with Crippen LogP contribution in [-0.4, -0.2) is 28.7 Å². The number of halogens is 1. The fourth-order valence-electron chi connectivity index (χ4n) is 1.96. The van der Waals surface area contributed by atoms with E-state index in [0.29, 0.717) is 30.2 Å². The van der Waals surface area contributed by atoms with Crippen LogP contribution in [0.5, 0.6) is 0 Å². The lowest BCUT2D eigenvalue weighted by molar-refractivity contribution is -0.384. The van der Waals surface area contributed by atoms with E-state index in [2.05, 4.69) is 0 Å². The fraction of sp³-hybridized carbons (Fsp3) is 0.455. The number of anilines is 1. The molecule has 5 nitrogen and oxygen atoms in total. The van der Waals surface area contributed by atoms with Crippen molar-refractivity contribution in [2.75, 3.05) is 18.0 Å². The normalized spacial score (nSPS) is 17.7. The van der Waals surface area contributed by atoms with Crippen LogP contribution < -0.4 is 4.90 Å². The summed E-state index contributed by atoms with van der Waals surface area (Å²) < 4.78 is 0. The summed E-state index contributed by atoms with van der Waals surface area (Å²) in [7, 11) is 0. The highest BCUT2D eigenvalue weighted by Crippen LogP contribution is 2.37. The highest BCUT2D eigenvalue weighted by atomic mass is 35.5. The highest BCUT2D eigenvalue weighted by Gasteiger charge is 2.41. The number of hydrogen-bond acceptors (Lipinski definition) is 4. The minimum Gasteiger partial charge on any atom is -0.386 e. The van der Waals surface area contributed by atoms with E-state index in [-0.39, 0.29) is 5.69 Å². The average molecular weight is 257 g/mol. The molecule has 0 amide bonds. The van der Waals surface area contributed by atoms with Crippen LogP contribution in [0.4, 0.5) is 11.4 Å². The molecule has 1 N–H and O–H groups in total. The third kappa shape index (κ3) is 2.21. The third-order valence-electron chi connectivity index (χ3n) is 3.10. The van der Waals surface area contributed by atoms with E-state index < -0.39 is 10.5 Å². The van der Waals surface area contributed by atoms with Gasteiger partial charge < -0.3 is 10.0 Å².